The topological polar surface area (TPSA) is 0 Å². The van der Waals surface area contributed by atoms with E-state index in [0.29, 0.717) is 0 Å². The number of hydrogen-bond acceptors (Lipinski definition) is 0. The maximum Gasteiger partial charge on any atom is 0.257 e. The molecule has 64 valence electrons. The molecule has 0 unspecified atom stereocenters. The lowest BCUT2D eigenvalue weighted by molar-refractivity contribution is 0.205. The third-order valence-corrected chi connectivity index (χ3v) is 1.51. The highest BCUT2D eigenvalue weighted by Crippen LogP contribution is 2.06. The van der Waals surface area contributed by atoms with Crippen molar-refractivity contribution in [2.75, 3.05) is 0 Å². The highest BCUT2D eigenvalue weighted by Gasteiger charge is 1.92. The molecule has 0 aliphatic rings. The van der Waals surface area contributed by atoms with Crippen molar-refractivity contribution in [1.29, 1.82) is 0 Å². The molecule has 0 atom stereocenters. The zero-order valence-electron chi connectivity index (χ0n) is 6.80. The molecule has 0 radical (unpaired) electrons. The summed E-state index contributed by atoms with van der Waals surface area (Å²) < 4.78 is 23.4. The van der Waals surface area contributed by atoms with Gasteiger partial charge in [0.15, 0.2) is 0 Å². The van der Waals surface area contributed by atoms with Crippen LogP contribution in [0.1, 0.15) is 11.1 Å². The number of benzene rings is 1. The Kier molecular flexibility index (Phi) is 2.97. The lowest BCUT2D eigenvalue weighted by Crippen LogP contribution is -1.80. The SMILES string of the molecule is Cc1ccc(/C=C/C(F)F)cc1. The van der Waals surface area contributed by atoms with Crippen LogP contribution < -0.4 is 0 Å². The van der Waals surface area contributed by atoms with E-state index < -0.39 is 6.43 Å². The molecule has 1 aromatic carbocycles. The van der Waals surface area contributed by atoms with Gasteiger partial charge in [0, 0.05) is 0 Å². The van der Waals surface area contributed by atoms with Crippen molar-refractivity contribution in [1.82, 2.24) is 0 Å². The van der Waals surface area contributed by atoms with E-state index in [1.54, 1.807) is 0 Å². The summed E-state index contributed by atoms with van der Waals surface area (Å²) in [7, 11) is 0. The lowest BCUT2D eigenvalue weighted by atomic mass is 10.1. The van der Waals surface area contributed by atoms with Crippen molar-refractivity contribution in [2.45, 2.75) is 13.3 Å². The Labute approximate surface area is 70.5 Å². The van der Waals surface area contributed by atoms with E-state index in [2.05, 4.69) is 0 Å². The zero-order chi connectivity index (χ0) is 8.97. The average molecular weight is 168 g/mol. The minimum absolute atomic E-state index is 0.806. The Bertz CT molecular complexity index is 260. The van der Waals surface area contributed by atoms with Gasteiger partial charge in [0.25, 0.3) is 6.43 Å². The van der Waals surface area contributed by atoms with Crippen LogP contribution in [0.5, 0.6) is 0 Å². The molecule has 1 rings (SSSR count). The Hall–Kier alpha value is -1.18. The van der Waals surface area contributed by atoms with Crippen LogP contribution in [-0.2, 0) is 0 Å². The highest BCUT2D eigenvalue weighted by atomic mass is 19.3. The van der Waals surface area contributed by atoms with Crippen LogP contribution >= 0.6 is 0 Å². The minimum Gasteiger partial charge on any atom is -0.206 e. The molecule has 0 saturated heterocycles. The van der Waals surface area contributed by atoms with Gasteiger partial charge in [-0.05, 0) is 18.6 Å². The van der Waals surface area contributed by atoms with E-state index in [4.69, 9.17) is 0 Å². The summed E-state index contributed by atoms with van der Waals surface area (Å²) in [4.78, 5) is 0. The summed E-state index contributed by atoms with van der Waals surface area (Å²) in [5.41, 5.74) is 1.94. The van der Waals surface area contributed by atoms with Gasteiger partial charge in [0.05, 0.1) is 0 Å². The van der Waals surface area contributed by atoms with Gasteiger partial charge >= 0.3 is 0 Å². The third-order valence-electron chi connectivity index (χ3n) is 1.51. The van der Waals surface area contributed by atoms with Gasteiger partial charge in [-0.2, -0.15) is 0 Å². The van der Waals surface area contributed by atoms with Crippen molar-refractivity contribution >= 4 is 6.08 Å². The predicted molar refractivity (Wildman–Crippen MR) is 46.2 cm³/mol. The predicted octanol–water partition coefficient (Wildman–Crippen LogP) is 3.27. The largest absolute Gasteiger partial charge is 0.257 e. The van der Waals surface area contributed by atoms with Crippen molar-refractivity contribution in [3.8, 4) is 0 Å². The molecule has 1 aromatic rings. The lowest BCUT2D eigenvalue weighted by Gasteiger charge is -1.93. The van der Waals surface area contributed by atoms with Gasteiger partial charge in [0.2, 0.25) is 0 Å². The molecule has 2 heteroatoms. The molecule has 0 aliphatic heterocycles. The first-order valence-electron chi connectivity index (χ1n) is 3.71. The summed E-state index contributed by atoms with van der Waals surface area (Å²) in [6, 6.07) is 7.42. The standard InChI is InChI=1S/C10H10F2/c1-8-2-4-9(5-3-8)6-7-10(11)12/h2-7,10H,1H3/b7-6+. The molecule has 0 fully saturated rings. The van der Waals surface area contributed by atoms with E-state index in [1.807, 2.05) is 31.2 Å². The quantitative estimate of drug-likeness (QED) is 0.635. The summed E-state index contributed by atoms with van der Waals surface area (Å²) in [5, 5.41) is 0. The molecule has 0 aromatic heterocycles. The van der Waals surface area contributed by atoms with Crippen LogP contribution in [0, 0.1) is 6.92 Å². The monoisotopic (exact) mass is 168 g/mol. The second-order valence-corrected chi connectivity index (χ2v) is 2.60. The van der Waals surface area contributed by atoms with Crippen molar-refractivity contribution < 1.29 is 8.78 Å². The van der Waals surface area contributed by atoms with Crippen molar-refractivity contribution in [3.63, 3.8) is 0 Å². The first-order valence-corrected chi connectivity index (χ1v) is 3.71. The number of allylic oxidation sites excluding steroid dienone is 1. The number of rotatable bonds is 2. The summed E-state index contributed by atoms with van der Waals surface area (Å²) >= 11 is 0. The van der Waals surface area contributed by atoms with Gasteiger partial charge in [-0.25, -0.2) is 8.78 Å². The van der Waals surface area contributed by atoms with Gasteiger partial charge in [-0.15, -0.1) is 0 Å². The van der Waals surface area contributed by atoms with Crippen molar-refractivity contribution in [2.24, 2.45) is 0 Å². The number of hydrogen-bond donors (Lipinski definition) is 0. The normalized spacial score (nSPS) is 11.3. The smallest absolute Gasteiger partial charge is 0.206 e. The van der Waals surface area contributed by atoms with Crippen LogP contribution in [0.25, 0.3) is 6.08 Å². The second kappa shape index (κ2) is 4.00. The Morgan fingerprint density at radius 1 is 1.17 bits per heavy atom. The molecule has 0 heterocycles. The second-order valence-electron chi connectivity index (χ2n) is 2.60. The third kappa shape index (κ3) is 2.82. The zero-order valence-corrected chi connectivity index (χ0v) is 6.80. The number of alkyl halides is 2. The summed E-state index contributed by atoms with van der Waals surface area (Å²) in [5.74, 6) is 0. The van der Waals surface area contributed by atoms with E-state index in [1.165, 1.54) is 6.08 Å². The van der Waals surface area contributed by atoms with Crippen LogP contribution in [0.15, 0.2) is 30.3 Å². The minimum atomic E-state index is -2.37. The molecule has 0 saturated carbocycles. The van der Waals surface area contributed by atoms with E-state index in [9.17, 15) is 8.78 Å². The summed E-state index contributed by atoms with van der Waals surface area (Å²) in [6.45, 7) is 1.96. The van der Waals surface area contributed by atoms with Gasteiger partial charge < -0.3 is 0 Å². The summed E-state index contributed by atoms with van der Waals surface area (Å²) in [6.07, 6.45) is -0.0688. The highest BCUT2D eigenvalue weighted by molar-refractivity contribution is 5.49. The maximum absolute atomic E-state index is 11.7. The average Bonchev–Trinajstić information content (AvgIpc) is 2.03. The fourth-order valence-electron chi connectivity index (χ4n) is 0.861. The molecule has 12 heavy (non-hydrogen) atoms. The fraction of sp³-hybridized carbons (Fsp3) is 0.200. The van der Waals surface area contributed by atoms with E-state index in [0.717, 1.165) is 17.2 Å². The molecule has 0 N–H and O–H groups in total. The molecule has 0 amide bonds. The molecule has 0 aliphatic carbocycles. The first kappa shape index (κ1) is 8.91. The fourth-order valence-corrected chi connectivity index (χ4v) is 0.861. The Balaban J connectivity index is 2.71. The first-order chi connectivity index (χ1) is 5.68. The van der Waals surface area contributed by atoms with Crippen LogP contribution in [0.4, 0.5) is 8.78 Å². The number of aryl methyl sites for hydroxylation is 1. The Morgan fingerprint density at radius 2 is 1.75 bits per heavy atom. The van der Waals surface area contributed by atoms with Crippen LogP contribution in [-0.4, -0.2) is 6.43 Å². The number of halogens is 2. The maximum atomic E-state index is 11.7. The molecule has 0 spiro atoms. The molecule has 0 bridgehead atoms. The van der Waals surface area contributed by atoms with Crippen molar-refractivity contribution in [3.05, 3.63) is 41.5 Å². The van der Waals surface area contributed by atoms with E-state index in [-0.39, 0.29) is 0 Å². The Morgan fingerprint density at radius 3 is 2.25 bits per heavy atom. The van der Waals surface area contributed by atoms with Crippen LogP contribution in [0.2, 0.25) is 0 Å². The van der Waals surface area contributed by atoms with E-state index >= 15 is 0 Å². The molecular weight excluding hydrogens is 158 g/mol. The van der Waals surface area contributed by atoms with Gasteiger partial charge in [0.1, 0.15) is 0 Å². The van der Waals surface area contributed by atoms with Gasteiger partial charge in [-0.1, -0.05) is 35.9 Å². The van der Waals surface area contributed by atoms with Gasteiger partial charge in [-0.3, -0.25) is 0 Å². The van der Waals surface area contributed by atoms with Crippen LogP contribution in [0.3, 0.4) is 0 Å². The molecular formula is C10H10F2. The molecule has 0 nitrogen and oxygen atoms in total.